The molecule has 106 valence electrons. The maximum Gasteiger partial charge on any atom is 0.248 e. The first-order chi connectivity index (χ1) is 9.67. The van der Waals surface area contributed by atoms with Crippen molar-refractivity contribution in [2.24, 2.45) is 0 Å². The van der Waals surface area contributed by atoms with Crippen LogP contribution in [-0.2, 0) is 6.54 Å². The molecule has 1 aromatic heterocycles. The average molecular weight is 310 g/mol. The topological polar surface area (TPSA) is 54.8 Å². The lowest BCUT2D eigenvalue weighted by atomic mass is 10.2. The third-order valence-corrected chi connectivity index (χ3v) is 3.05. The summed E-state index contributed by atoms with van der Waals surface area (Å²) in [4.78, 5) is 4.17. The summed E-state index contributed by atoms with van der Waals surface area (Å²) in [6.45, 7) is 3.55. The summed E-state index contributed by atoms with van der Waals surface area (Å²) in [6.07, 6.45) is 2.68. The first-order valence-electron chi connectivity index (χ1n) is 6.36. The quantitative estimate of drug-likeness (QED) is 0.832. The molecule has 0 atom stereocenters. The van der Waals surface area contributed by atoms with Crippen LogP contribution in [0, 0.1) is 0 Å². The summed E-state index contributed by atoms with van der Waals surface area (Å²) < 4.78 is 1.74. The minimum absolute atomic E-state index is 0.493. The minimum Gasteiger partial charge on any atom is -0.362 e. The van der Waals surface area contributed by atoms with Crippen molar-refractivity contribution in [1.82, 2.24) is 20.1 Å². The SMILES string of the molecule is CCCNC(=S)Nc1ncn(Cc2ccc(Cl)cc2)n1. The smallest absolute Gasteiger partial charge is 0.248 e. The van der Waals surface area contributed by atoms with Crippen molar-refractivity contribution in [1.29, 1.82) is 0 Å². The van der Waals surface area contributed by atoms with E-state index in [9.17, 15) is 0 Å². The van der Waals surface area contributed by atoms with Gasteiger partial charge >= 0.3 is 0 Å². The fourth-order valence-corrected chi connectivity index (χ4v) is 1.91. The van der Waals surface area contributed by atoms with Crippen molar-refractivity contribution in [2.75, 3.05) is 11.9 Å². The van der Waals surface area contributed by atoms with E-state index in [2.05, 4.69) is 27.6 Å². The van der Waals surface area contributed by atoms with Crippen molar-refractivity contribution < 1.29 is 0 Å². The molecule has 0 fully saturated rings. The second kappa shape index (κ2) is 7.21. The van der Waals surface area contributed by atoms with Crippen LogP contribution in [-0.4, -0.2) is 26.4 Å². The minimum atomic E-state index is 0.493. The van der Waals surface area contributed by atoms with E-state index < -0.39 is 0 Å². The first kappa shape index (κ1) is 14.7. The Morgan fingerprint density at radius 1 is 1.35 bits per heavy atom. The molecule has 0 aliphatic rings. The van der Waals surface area contributed by atoms with Gasteiger partial charge in [0.05, 0.1) is 6.54 Å². The Balaban J connectivity index is 1.91. The van der Waals surface area contributed by atoms with Crippen LogP contribution in [0.4, 0.5) is 5.95 Å². The van der Waals surface area contributed by atoms with Gasteiger partial charge in [-0.15, -0.1) is 5.10 Å². The van der Waals surface area contributed by atoms with Crippen LogP contribution in [0.3, 0.4) is 0 Å². The Bertz CT molecular complexity index is 566. The molecule has 0 aliphatic carbocycles. The molecule has 2 N–H and O–H groups in total. The molecule has 1 heterocycles. The summed E-state index contributed by atoms with van der Waals surface area (Å²) >= 11 is 11.0. The fourth-order valence-electron chi connectivity index (χ4n) is 1.59. The molecule has 0 bridgehead atoms. The molecule has 7 heteroatoms. The van der Waals surface area contributed by atoms with Crippen LogP contribution in [0.15, 0.2) is 30.6 Å². The summed E-state index contributed by atoms with van der Waals surface area (Å²) in [6, 6.07) is 7.64. The van der Waals surface area contributed by atoms with Gasteiger partial charge in [0, 0.05) is 11.6 Å². The number of anilines is 1. The van der Waals surface area contributed by atoms with E-state index in [0.717, 1.165) is 23.6 Å². The predicted octanol–water partition coefficient (Wildman–Crippen LogP) is 2.68. The zero-order chi connectivity index (χ0) is 14.4. The molecule has 5 nitrogen and oxygen atoms in total. The molecule has 1 aromatic carbocycles. The Labute approximate surface area is 128 Å². The van der Waals surface area contributed by atoms with Gasteiger partial charge in [-0.1, -0.05) is 30.7 Å². The lowest BCUT2D eigenvalue weighted by Gasteiger charge is -2.05. The Kier molecular flexibility index (Phi) is 5.31. The molecule has 0 spiro atoms. The molecular weight excluding hydrogens is 294 g/mol. The lowest BCUT2D eigenvalue weighted by molar-refractivity contribution is 0.687. The van der Waals surface area contributed by atoms with Crippen molar-refractivity contribution in [2.45, 2.75) is 19.9 Å². The summed E-state index contributed by atoms with van der Waals surface area (Å²) in [5.41, 5.74) is 1.11. The first-order valence-corrected chi connectivity index (χ1v) is 7.14. The molecule has 0 radical (unpaired) electrons. The number of thiocarbonyl (C=S) groups is 1. The van der Waals surface area contributed by atoms with Crippen LogP contribution in [0.1, 0.15) is 18.9 Å². The van der Waals surface area contributed by atoms with Gasteiger partial charge in [-0.05, 0) is 36.3 Å². The monoisotopic (exact) mass is 309 g/mol. The van der Waals surface area contributed by atoms with Gasteiger partial charge in [0.15, 0.2) is 5.11 Å². The van der Waals surface area contributed by atoms with E-state index in [1.165, 1.54) is 0 Å². The molecule has 2 rings (SSSR count). The molecule has 0 amide bonds. The van der Waals surface area contributed by atoms with Crippen molar-refractivity contribution in [3.8, 4) is 0 Å². The highest BCUT2D eigenvalue weighted by Crippen LogP contribution is 2.10. The maximum absolute atomic E-state index is 5.85. The van der Waals surface area contributed by atoms with E-state index in [0.29, 0.717) is 17.6 Å². The molecule has 0 saturated carbocycles. The molecule has 20 heavy (non-hydrogen) atoms. The fraction of sp³-hybridized carbons (Fsp3) is 0.308. The largest absolute Gasteiger partial charge is 0.362 e. The van der Waals surface area contributed by atoms with Gasteiger partial charge in [-0.25, -0.2) is 9.67 Å². The Morgan fingerprint density at radius 3 is 2.80 bits per heavy atom. The number of nitrogens with zero attached hydrogens (tertiary/aromatic N) is 3. The Hall–Kier alpha value is -1.66. The summed E-state index contributed by atoms with van der Waals surface area (Å²) in [5.74, 6) is 0.493. The van der Waals surface area contributed by atoms with E-state index in [-0.39, 0.29) is 0 Å². The van der Waals surface area contributed by atoms with Crippen LogP contribution in [0.25, 0.3) is 0 Å². The van der Waals surface area contributed by atoms with Gasteiger partial charge in [-0.2, -0.15) is 0 Å². The third kappa shape index (κ3) is 4.47. The van der Waals surface area contributed by atoms with Crippen molar-refractivity contribution in [3.05, 3.63) is 41.2 Å². The second-order valence-electron chi connectivity index (χ2n) is 4.27. The van der Waals surface area contributed by atoms with E-state index in [1.807, 2.05) is 24.3 Å². The maximum atomic E-state index is 5.85. The molecule has 0 unspecified atom stereocenters. The van der Waals surface area contributed by atoms with Gasteiger partial charge in [0.25, 0.3) is 0 Å². The van der Waals surface area contributed by atoms with Crippen LogP contribution in [0.2, 0.25) is 5.02 Å². The molecule has 0 saturated heterocycles. The Morgan fingerprint density at radius 2 is 2.10 bits per heavy atom. The van der Waals surface area contributed by atoms with Gasteiger partial charge in [0.2, 0.25) is 5.95 Å². The number of aromatic nitrogens is 3. The van der Waals surface area contributed by atoms with Crippen LogP contribution < -0.4 is 10.6 Å². The van der Waals surface area contributed by atoms with Crippen LogP contribution in [0.5, 0.6) is 0 Å². The number of halogens is 1. The molecule has 2 aromatic rings. The van der Waals surface area contributed by atoms with Crippen molar-refractivity contribution >= 4 is 34.9 Å². The number of rotatable bonds is 5. The van der Waals surface area contributed by atoms with Gasteiger partial charge in [-0.3, -0.25) is 5.32 Å². The number of hydrogen-bond donors (Lipinski definition) is 2. The summed E-state index contributed by atoms with van der Waals surface area (Å²) in [7, 11) is 0. The normalized spacial score (nSPS) is 10.3. The predicted molar refractivity (Wildman–Crippen MR) is 85.1 cm³/mol. The summed E-state index contributed by atoms with van der Waals surface area (Å²) in [5, 5.41) is 11.6. The average Bonchev–Trinajstić information content (AvgIpc) is 2.86. The highest BCUT2D eigenvalue weighted by Gasteiger charge is 2.03. The van der Waals surface area contributed by atoms with Gasteiger partial charge < -0.3 is 5.32 Å². The highest BCUT2D eigenvalue weighted by molar-refractivity contribution is 7.80. The number of nitrogens with one attached hydrogen (secondary N) is 2. The van der Waals surface area contributed by atoms with E-state index in [1.54, 1.807) is 11.0 Å². The van der Waals surface area contributed by atoms with Crippen LogP contribution >= 0.6 is 23.8 Å². The van der Waals surface area contributed by atoms with Gasteiger partial charge in [0.1, 0.15) is 6.33 Å². The lowest BCUT2D eigenvalue weighted by Crippen LogP contribution is -2.29. The number of benzene rings is 1. The third-order valence-electron chi connectivity index (χ3n) is 2.56. The second-order valence-corrected chi connectivity index (χ2v) is 5.12. The van der Waals surface area contributed by atoms with Crippen molar-refractivity contribution in [3.63, 3.8) is 0 Å². The standard InChI is InChI=1S/C13H16ClN5S/c1-2-7-15-13(20)17-12-16-9-19(18-12)8-10-3-5-11(14)6-4-10/h3-6,9H,2,7-8H2,1H3,(H2,15,17,18,20). The zero-order valence-electron chi connectivity index (χ0n) is 11.1. The highest BCUT2D eigenvalue weighted by atomic mass is 35.5. The number of hydrogen-bond acceptors (Lipinski definition) is 3. The van der Waals surface area contributed by atoms with E-state index >= 15 is 0 Å². The molecule has 0 aliphatic heterocycles. The van der Waals surface area contributed by atoms with E-state index in [4.69, 9.17) is 23.8 Å². The zero-order valence-corrected chi connectivity index (χ0v) is 12.7. The molecular formula is C13H16ClN5S.